The lowest BCUT2D eigenvalue weighted by atomic mass is 10.1. The van der Waals surface area contributed by atoms with Crippen LogP contribution < -0.4 is 14.8 Å². The van der Waals surface area contributed by atoms with Crippen molar-refractivity contribution in [3.05, 3.63) is 94.0 Å². The molecule has 168 valence electrons. The number of amides is 1. The van der Waals surface area contributed by atoms with Crippen LogP contribution in [-0.4, -0.2) is 27.5 Å². The predicted molar refractivity (Wildman–Crippen MR) is 126 cm³/mol. The number of hydrogen-bond acceptors (Lipinski definition) is 4. The summed E-state index contributed by atoms with van der Waals surface area (Å²) in [4.78, 5) is 12.9. The number of carbonyl (C=O) groups excluding carboxylic acids is 1. The summed E-state index contributed by atoms with van der Waals surface area (Å²) < 4.78 is 34.0. The maximum atomic E-state index is 13.1. The van der Waals surface area contributed by atoms with Crippen molar-refractivity contribution in [2.45, 2.75) is 23.9 Å². The van der Waals surface area contributed by atoms with Gasteiger partial charge in [-0.3, -0.25) is 4.79 Å². The third-order valence-electron chi connectivity index (χ3n) is 4.69. The monoisotopic (exact) mass is 492 g/mol. The molecule has 0 aliphatic carbocycles. The Morgan fingerprint density at radius 3 is 2.25 bits per heavy atom. The third-order valence-corrected chi connectivity index (χ3v) is 6.67. The molecule has 9 heteroatoms. The molecule has 3 aromatic rings. The van der Waals surface area contributed by atoms with Crippen LogP contribution in [0.15, 0.2) is 77.7 Å². The van der Waals surface area contributed by atoms with Gasteiger partial charge in [-0.15, -0.1) is 0 Å². The van der Waals surface area contributed by atoms with E-state index in [0.717, 1.165) is 11.1 Å². The van der Waals surface area contributed by atoms with E-state index in [9.17, 15) is 13.2 Å². The maximum Gasteiger partial charge on any atom is 0.245 e. The van der Waals surface area contributed by atoms with Crippen LogP contribution in [0.2, 0.25) is 10.0 Å². The zero-order valence-corrected chi connectivity index (χ0v) is 19.5. The molecule has 1 atom stereocenters. The Hall–Kier alpha value is -2.58. The minimum absolute atomic E-state index is 0.127. The fraction of sp³-hybridized carbons (Fsp3) is 0.174. The van der Waals surface area contributed by atoms with Crippen LogP contribution >= 0.6 is 23.2 Å². The highest BCUT2D eigenvalue weighted by molar-refractivity contribution is 7.89. The summed E-state index contributed by atoms with van der Waals surface area (Å²) >= 11 is 11.9. The lowest BCUT2D eigenvalue weighted by Crippen LogP contribution is -2.47. The Morgan fingerprint density at radius 2 is 1.59 bits per heavy atom. The van der Waals surface area contributed by atoms with Gasteiger partial charge in [0, 0.05) is 16.6 Å². The Balaban J connectivity index is 1.84. The number of carbonyl (C=O) groups is 1. The Labute approximate surface area is 197 Å². The van der Waals surface area contributed by atoms with Gasteiger partial charge in [0.2, 0.25) is 15.9 Å². The highest BCUT2D eigenvalue weighted by Gasteiger charge is 2.28. The number of hydrogen-bond donors (Lipinski definition) is 2. The van der Waals surface area contributed by atoms with Crippen LogP contribution in [0.3, 0.4) is 0 Å². The normalized spacial score (nSPS) is 12.2. The van der Waals surface area contributed by atoms with Crippen molar-refractivity contribution in [2.75, 3.05) is 7.11 Å². The molecule has 0 heterocycles. The van der Waals surface area contributed by atoms with Crippen molar-refractivity contribution >= 4 is 39.1 Å². The van der Waals surface area contributed by atoms with Gasteiger partial charge < -0.3 is 10.1 Å². The first kappa shape index (κ1) is 24.1. The van der Waals surface area contributed by atoms with Gasteiger partial charge in [0.1, 0.15) is 16.7 Å². The van der Waals surface area contributed by atoms with Crippen LogP contribution in [0.25, 0.3) is 0 Å². The zero-order valence-electron chi connectivity index (χ0n) is 17.2. The number of rotatable bonds is 9. The molecule has 0 saturated heterocycles. The van der Waals surface area contributed by atoms with E-state index in [1.165, 1.54) is 25.3 Å². The first-order chi connectivity index (χ1) is 15.3. The molecular weight excluding hydrogens is 471 g/mol. The molecule has 0 aromatic heterocycles. The standard InChI is InChI=1S/C23H22Cl2N2O4S/c1-31-21-12-11-19(25)14-22(21)32(29,30)27-20(13-16-5-3-2-4-6-16)23(28)26-15-17-7-9-18(24)10-8-17/h2-12,14,20,27H,13,15H2,1H3,(H,26,28)/t20-/m0/s1. The second-order valence-corrected chi connectivity index (χ2v) is 9.56. The van der Waals surface area contributed by atoms with Gasteiger partial charge >= 0.3 is 0 Å². The van der Waals surface area contributed by atoms with Crippen LogP contribution in [0.1, 0.15) is 11.1 Å². The minimum Gasteiger partial charge on any atom is -0.495 e. The van der Waals surface area contributed by atoms with Gasteiger partial charge in [0.05, 0.1) is 7.11 Å². The lowest BCUT2D eigenvalue weighted by Gasteiger charge is -2.20. The summed E-state index contributed by atoms with van der Waals surface area (Å²) in [6.07, 6.45) is 0.162. The average molecular weight is 493 g/mol. The minimum atomic E-state index is -4.12. The summed E-state index contributed by atoms with van der Waals surface area (Å²) in [7, 11) is -2.75. The summed E-state index contributed by atoms with van der Waals surface area (Å²) in [6.45, 7) is 0.226. The SMILES string of the molecule is COc1ccc(Cl)cc1S(=O)(=O)N[C@@H](Cc1ccccc1)C(=O)NCc1ccc(Cl)cc1. The molecule has 3 rings (SSSR count). The van der Waals surface area contributed by atoms with Crippen molar-refractivity contribution in [3.63, 3.8) is 0 Å². The first-order valence-corrected chi connectivity index (χ1v) is 11.9. The number of nitrogens with one attached hydrogen (secondary N) is 2. The summed E-state index contributed by atoms with van der Waals surface area (Å²) in [5.74, 6) is -0.338. The van der Waals surface area contributed by atoms with E-state index in [-0.39, 0.29) is 28.6 Å². The zero-order chi connectivity index (χ0) is 23.1. The molecule has 0 aliphatic heterocycles. The van der Waals surface area contributed by atoms with Crippen molar-refractivity contribution in [1.82, 2.24) is 10.0 Å². The van der Waals surface area contributed by atoms with Crippen LogP contribution in [0.4, 0.5) is 0 Å². The Morgan fingerprint density at radius 1 is 0.938 bits per heavy atom. The largest absolute Gasteiger partial charge is 0.495 e. The number of methoxy groups -OCH3 is 1. The summed E-state index contributed by atoms with van der Waals surface area (Å²) in [5.41, 5.74) is 1.64. The van der Waals surface area contributed by atoms with Crippen LogP contribution in [0, 0.1) is 0 Å². The topological polar surface area (TPSA) is 84.5 Å². The molecule has 6 nitrogen and oxygen atoms in total. The summed E-state index contributed by atoms with van der Waals surface area (Å²) in [5, 5.41) is 3.61. The van der Waals surface area contributed by atoms with E-state index in [2.05, 4.69) is 10.0 Å². The molecule has 0 radical (unpaired) electrons. The van der Waals surface area contributed by atoms with Gasteiger partial charge in [0.15, 0.2) is 0 Å². The van der Waals surface area contributed by atoms with E-state index in [1.54, 1.807) is 24.3 Å². The second-order valence-electron chi connectivity index (χ2n) is 7.00. The van der Waals surface area contributed by atoms with E-state index >= 15 is 0 Å². The van der Waals surface area contributed by atoms with E-state index in [1.807, 2.05) is 30.3 Å². The molecule has 0 aliphatic rings. The molecule has 0 bridgehead atoms. The van der Waals surface area contributed by atoms with Crippen molar-refractivity contribution < 1.29 is 17.9 Å². The third kappa shape index (κ3) is 6.46. The van der Waals surface area contributed by atoms with E-state index in [4.69, 9.17) is 27.9 Å². The Bertz CT molecular complexity index is 1170. The maximum absolute atomic E-state index is 13.1. The molecule has 0 fully saturated rings. The van der Waals surface area contributed by atoms with Crippen molar-refractivity contribution in [1.29, 1.82) is 0 Å². The van der Waals surface area contributed by atoms with Gasteiger partial charge in [-0.05, 0) is 47.9 Å². The van der Waals surface area contributed by atoms with Crippen LogP contribution in [-0.2, 0) is 27.8 Å². The quantitative estimate of drug-likeness (QED) is 0.468. The summed E-state index contributed by atoms with van der Waals surface area (Å²) in [6, 6.07) is 19.4. The smallest absolute Gasteiger partial charge is 0.245 e. The lowest BCUT2D eigenvalue weighted by molar-refractivity contribution is -0.122. The fourth-order valence-electron chi connectivity index (χ4n) is 3.06. The highest BCUT2D eigenvalue weighted by atomic mass is 35.5. The van der Waals surface area contributed by atoms with Crippen LogP contribution in [0.5, 0.6) is 5.75 Å². The molecule has 0 spiro atoms. The number of halogens is 2. The molecule has 2 N–H and O–H groups in total. The van der Waals surface area contributed by atoms with E-state index in [0.29, 0.717) is 5.02 Å². The number of ether oxygens (including phenoxy) is 1. The van der Waals surface area contributed by atoms with E-state index < -0.39 is 22.0 Å². The van der Waals surface area contributed by atoms with Crippen molar-refractivity contribution in [2.24, 2.45) is 0 Å². The molecular formula is C23H22Cl2N2O4S. The number of sulfonamides is 1. The highest BCUT2D eigenvalue weighted by Crippen LogP contribution is 2.27. The van der Waals surface area contributed by atoms with Gasteiger partial charge in [0.25, 0.3) is 0 Å². The second kappa shape index (κ2) is 10.8. The van der Waals surface area contributed by atoms with Gasteiger partial charge in [-0.2, -0.15) is 4.72 Å². The predicted octanol–water partition coefficient (Wildman–Crippen LogP) is 4.21. The molecule has 3 aromatic carbocycles. The number of benzene rings is 3. The molecule has 0 unspecified atom stereocenters. The van der Waals surface area contributed by atoms with Gasteiger partial charge in [-0.1, -0.05) is 65.7 Å². The molecule has 0 saturated carbocycles. The van der Waals surface area contributed by atoms with Gasteiger partial charge in [-0.25, -0.2) is 8.42 Å². The fourth-order valence-corrected chi connectivity index (χ4v) is 4.82. The molecule has 32 heavy (non-hydrogen) atoms. The average Bonchev–Trinajstić information content (AvgIpc) is 2.78. The molecule has 1 amide bonds. The Kier molecular flexibility index (Phi) is 8.15. The van der Waals surface area contributed by atoms with Crippen molar-refractivity contribution in [3.8, 4) is 5.75 Å². The first-order valence-electron chi connectivity index (χ1n) is 9.70.